The minimum absolute atomic E-state index is 0.384. The van der Waals surface area contributed by atoms with Gasteiger partial charge in [-0.1, -0.05) is 12.1 Å². The molecule has 20 heavy (non-hydrogen) atoms. The molecule has 1 aliphatic rings. The molecule has 0 amide bonds. The summed E-state index contributed by atoms with van der Waals surface area (Å²) in [6.45, 7) is 0.920. The highest BCUT2D eigenvalue weighted by molar-refractivity contribution is 7.13. The van der Waals surface area contributed by atoms with Crippen LogP contribution in [0, 0.1) is 0 Å². The van der Waals surface area contributed by atoms with Crippen LogP contribution in [-0.2, 0) is 13.0 Å². The fourth-order valence-corrected chi connectivity index (χ4v) is 3.56. The number of aromatic nitrogens is 2. The van der Waals surface area contributed by atoms with Crippen LogP contribution in [0.1, 0.15) is 5.56 Å². The van der Waals surface area contributed by atoms with Gasteiger partial charge in [0.15, 0.2) is 0 Å². The highest BCUT2D eigenvalue weighted by Gasteiger charge is 2.22. The summed E-state index contributed by atoms with van der Waals surface area (Å²) >= 11 is 1.71. The lowest BCUT2D eigenvalue weighted by atomic mass is 9.87. The molecule has 5 heteroatoms. The third-order valence-electron chi connectivity index (χ3n) is 3.89. The van der Waals surface area contributed by atoms with Gasteiger partial charge in [0, 0.05) is 12.1 Å². The van der Waals surface area contributed by atoms with Gasteiger partial charge in [-0.2, -0.15) is 0 Å². The summed E-state index contributed by atoms with van der Waals surface area (Å²) in [4.78, 5) is 5.79. The van der Waals surface area contributed by atoms with Crippen LogP contribution in [0.2, 0.25) is 0 Å². The molecule has 0 fully saturated rings. The van der Waals surface area contributed by atoms with E-state index in [0.717, 1.165) is 24.1 Å². The van der Waals surface area contributed by atoms with E-state index in [1.807, 2.05) is 20.2 Å². The molecule has 0 aliphatic carbocycles. The summed E-state index contributed by atoms with van der Waals surface area (Å²) in [6.07, 6.45) is 2.87. The Morgan fingerprint density at radius 2 is 2.25 bits per heavy atom. The number of benzene rings is 1. The minimum Gasteiger partial charge on any atom is -0.509 e. The van der Waals surface area contributed by atoms with Crippen LogP contribution in [-0.4, -0.2) is 22.5 Å². The quantitative estimate of drug-likeness (QED) is 0.690. The molecule has 0 saturated carbocycles. The van der Waals surface area contributed by atoms with Crippen molar-refractivity contribution in [1.29, 1.82) is 0 Å². The Hall–Kier alpha value is -2.01. The second-order valence-corrected chi connectivity index (χ2v) is 6.11. The summed E-state index contributed by atoms with van der Waals surface area (Å²) in [5.74, 6) is 0.384. The number of aromatic hydroxyl groups is 1. The summed E-state index contributed by atoms with van der Waals surface area (Å²) in [7, 11) is 1.94. The van der Waals surface area contributed by atoms with E-state index >= 15 is 0 Å². The van der Waals surface area contributed by atoms with E-state index in [-0.39, 0.29) is 0 Å². The molecule has 3 heterocycles. The van der Waals surface area contributed by atoms with Crippen molar-refractivity contribution in [2.75, 3.05) is 0 Å². The number of hydrogen-bond donors (Lipinski definition) is 1. The minimum atomic E-state index is 0.384. The first-order chi connectivity index (χ1) is 9.74. The van der Waals surface area contributed by atoms with Crippen molar-refractivity contribution in [2.24, 2.45) is 0 Å². The van der Waals surface area contributed by atoms with Crippen molar-refractivity contribution in [3.05, 3.63) is 41.5 Å². The molecule has 0 unspecified atom stereocenters. The van der Waals surface area contributed by atoms with Gasteiger partial charge in [0.1, 0.15) is 19.3 Å². The van der Waals surface area contributed by atoms with E-state index in [1.54, 1.807) is 11.3 Å². The standard InChI is InChI=1S/C15H13BN2OS/c16-11-7-10-9(6-12(11)19)3-4-18-8-17-14(15(10)18)13-2-1-5-20-13/h1-2,5-8,19H,3-4,16H2. The normalized spacial score (nSPS) is 13.0. The lowest BCUT2D eigenvalue weighted by Crippen LogP contribution is -2.14. The molecule has 4 rings (SSSR count). The predicted octanol–water partition coefficient (Wildman–Crippen LogP) is 1.80. The maximum atomic E-state index is 9.91. The lowest BCUT2D eigenvalue weighted by molar-refractivity contribution is 0.478. The molecule has 0 atom stereocenters. The zero-order valence-corrected chi connectivity index (χ0v) is 11.9. The first-order valence-electron chi connectivity index (χ1n) is 6.66. The molecule has 1 N–H and O–H groups in total. The monoisotopic (exact) mass is 280 g/mol. The third-order valence-corrected chi connectivity index (χ3v) is 4.77. The first-order valence-corrected chi connectivity index (χ1v) is 7.54. The van der Waals surface area contributed by atoms with Crippen LogP contribution in [0.25, 0.3) is 21.8 Å². The summed E-state index contributed by atoms with van der Waals surface area (Å²) in [5, 5.41) is 12.0. The average Bonchev–Trinajstić information content (AvgIpc) is 3.07. The van der Waals surface area contributed by atoms with Crippen molar-refractivity contribution in [1.82, 2.24) is 9.55 Å². The van der Waals surface area contributed by atoms with E-state index in [2.05, 4.69) is 33.1 Å². The molecule has 3 nitrogen and oxygen atoms in total. The number of hydrogen-bond acceptors (Lipinski definition) is 3. The van der Waals surface area contributed by atoms with Gasteiger partial charge >= 0.3 is 0 Å². The van der Waals surface area contributed by atoms with E-state index in [1.165, 1.54) is 21.7 Å². The number of rotatable bonds is 1. The van der Waals surface area contributed by atoms with Gasteiger partial charge < -0.3 is 9.67 Å². The Morgan fingerprint density at radius 3 is 3.05 bits per heavy atom. The smallest absolute Gasteiger partial charge is 0.144 e. The van der Waals surface area contributed by atoms with Crippen LogP contribution in [0.5, 0.6) is 5.75 Å². The number of phenolic OH excluding ortho intramolecular Hbond substituents is 1. The Labute approximate surface area is 121 Å². The van der Waals surface area contributed by atoms with Crippen molar-refractivity contribution < 1.29 is 5.11 Å². The second-order valence-electron chi connectivity index (χ2n) is 5.16. The predicted molar refractivity (Wildman–Crippen MR) is 84.5 cm³/mol. The van der Waals surface area contributed by atoms with Gasteiger partial charge in [0.2, 0.25) is 0 Å². The van der Waals surface area contributed by atoms with Crippen molar-refractivity contribution >= 4 is 24.6 Å². The highest BCUT2D eigenvalue weighted by Crippen LogP contribution is 2.38. The summed E-state index contributed by atoms with van der Waals surface area (Å²) in [6, 6.07) is 8.14. The number of phenols is 1. The highest BCUT2D eigenvalue weighted by atomic mass is 32.1. The number of imidazole rings is 1. The van der Waals surface area contributed by atoms with Crippen LogP contribution < -0.4 is 5.46 Å². The molecule has 0 spiro atoms. The summed E-state index contributed by atoms with van der Waals surface area (Å²) in [5.41, 5.74) is 5.55. The fraction of sp³-hybridized carbons (Fsp3) is 0.133. The van der Waals surface area contributed by atoms with Crippen LogP contribution in [0.3, 0.4) is 0 Å². The molecule has 1 aromatic carbocycles. The van der Waals surface area contributed by atoms with Crippen molar-refractivity contribution in [3.63, 3.8) is 0 Å². The van der Waals surface area contributed by atoms with Crippen LogP contribution in [0.15, 0.2) is 36.0 Å². The molecule has 0 radical (unpaired) electrons. The number of fused-ring (bicyclic) bond motifs is 3. The molecule has 0 bridgehead atoms. The zero-order valence-electron chi connectivity index (χ0n) is 11.1. The molecule has 0 saturated heterocycles. The van der Waals surface area contributed by atoms with E-state index in [0.29, 0.717) is 5.75 Å². The summed E-state index contributed by atoms with van der Waals surface area (Å²) < 4.78 is 2.22. The van der Waals surface area contributed by atoms with Gasteiger partial charge in [-0.05, 0) is 35.0 Å². The van der Waals surface area contributed by atoms with Gasteiger partial charge in [0.25, 0.3) is 0 Å². The van der Waals surface area contributed by atoms with E-state index in [9.17, 15) is 5.11 Å². The number of nitrogens with zero attached hydrogens (tertiary/aromatic N) is 2. The maximum Gasteiger partial charge on any atom is 0.144 e. The van der Waals surface area contributed by atoms with Gasteiger partial charge in [-0.3, -0.25) is 0 Å². The SMILES string of the molecule is Bc1cc2c(cc1O)CCn1cnc(-c3cccs3)c1-2. The van der Waals surface area contributed by atoms with Crippen LogP contribution >= 0.6 is 11.3 Å². The Balaban J connectivity index is 1.99. The van der Waals surface area contributed by atoms with E-state index in [4.69, 9.17) is 0 Å². The van der Waals surface area contributed by atoms with Gasteiger partial charge in [-0.25, -0.2) is 4.98 Å². The third kappa shape index (κ3) is 1.63. The topological polar surface area (TPSA) is 38.0 Å². The maximum absolute atomic E-state index is 9.91. The number of thiophene rings is 1. The average molecular weight is 280 g/mol. The Bertz CT molecular complexity index is 793. The molecule has 1 aliphatic heterocycles. The molecule has 2 aromatic heterocycles. The van der Waals surface area contributed by atoms with Crippen molar-refractivity contribution in [2.45, 2.75) is 13.0 Å². The van der Waals surface area contributed by atoms with Gasteiger partial charge in [-0.15, -0.1) is 11.3 Å². The number of aryl methyl sites for hydroxylation is 2. The molecular weight excluding hydrogens is 267 g/mol. The first kappa shape index (κ1) is 11.8. The lowest BCUT2D eigenvalue weighted by Gasteiger charge is -2.20. The van der Waals surface area contributed by atoms with Crippen molar-refractivity contribution in [3.8, 4) is 27.6 Å². The zero-order chi connectivity index (χ0) is 13.7. The molecular formula is C15H13BN2OS. The second kappa shape index (κ2) is 4.25. The molecule has 3 aromatic rings. The van der Waals surface area contributed by atoms with Crippen LogP contribution in [0.4, 0.5) is 0 Å². The largest absolute Gasteiger partial charge is 0.509 e. The Kier molecular flexibility index (Phi) is 2.50. The Morgan fingerprint density at radius 1 is 1.35 bits per heavy atom. The molecule has 98 valence electrons. The van der Waals surface area contributed by atoms with Gasteiger partial charge in [0.05, 0.1) is 16.9 Å². The van der Waals surface area contributed by atoms with E-state index < -0.39 is 0 Å². The fourth-order valence-electron chi connectivity index (χ4n) is 2.84.